The molecule has 0 amide bonds. The van der Waals surface area contributed by atoms with E-state index in [9.17, 15) is 0 Å². The van der Waals surface area contributed by atoms with E-state index in [1.165, 1.54) is 30.4 Å². The summed E-state index contributed by atoms with van der Waals surface area (Å²) in [6.45, 7) is 5.98. The van der Waals surface area contributed by atoms with Gasteiger partial charge in [0.2, 0.25) is 0 Å². The van der Waals surface area contributed by atoms with Crippen LogP contribution in [0.15, 0.2) is 18.2 Å². The van der Waals surface area contributed by atoms with Crippen molar-refractivity contribution in [3.05, 3.63) is 29.3 Å². The maximum Gasteiger partial charge on any atom is 0.122 e. The molecule has 0 saturated carbocycles. The molecule has 1 aliphatic rings. The molecule has 88 valence electrons. The standard InChI is InChI=1S/C14H21NO/c1-11(2)15-9-10-16-14-8-4-6-12-5-3-7-13(12)14/h4,6,8,11,15H,3,5,7,9-10H2,1-2H3. The normalized spacial score (nSPS) is 14.2. The van der Waals surface area contributed by atoms with Crippen LogP contribution in [0.4, 0.5) is 0 Å². The van der Waals surface area contributed by atoms with Crippen molar-refractivity contribution in [1.82, 2.24) is 5.32 Å². The third-order valence-corrected chi connectivity index (χ3v) is 3.02. The molecule has 0 bridgehead atoms. The molecule has 1 N–H and O–H groups in total. The zero-order valence-electron chi connectivity index (χ0n) is 10.3. The third kappa shape index (κ3) is 2.76. The molecule has 2 rings (SSSR count). The van der Waals surface area contributed by atoms with Gasteiger partial charge in [0, 0.05) is 12.6 Å². The Balaban J connectivity index is 1.88. The lowest BCUT2D eigenvalue weighted by molar-refractivity contribution is 0.306. The van der Waals surface area contributed by atoms with E-state index < -0.39 is 0 Å². The molecule has 2 heteroatoms. The summed E-state index contributed by atoms with van der Waals surface area (Å²) in [5.41, 5.74) is 2.92. The van der Waals surface area contributed by atoms with Crippen LogP contribution in [0.2, 0.25) is 0 Å². The average Bonchev–Trinajstić information content (AvgIpc) is 2.72. The van der Waals surface area contributed by atoms with Gasteiger partial charge < -0.3 is 10.1 Å². The lowest BCUT2D eigenvalue weighted by Gasteiger charge is -2.12. The minimum absolute atomic E-state index is 0.532. The van der Waals surface area contributed by atoms with Crippen LogP contribution in [0.5, 0.6) is 5.75 Å². The summed E-state index contributed by atoms with van der Waals surface area (Å²) in [4.78, 5) is 0. The summed E-state index contributed by atoms with van der Waals surface area (Å²) in [7, 11) is 0. The lowest BCUT2D eigenvalue weighted by atomic mass is 10.1. The first kappa shape index (κ1) is 11.5. The molecule has 0 aromatic heterocycles. The molecule has 0 spiro atoms. The number of rotatable bonds is 5. The summed E-state index contributed by atoms with van der Waals surface area (Å²) in [6, 6.07) is 6.96. The van der Waals surface area contributed by atoms with E-state index in [4.69, 9.17) is 4.74 Å². The van der Waals surface area contributed by atoms with Crippen molar-refractivity contribution in [3.8, 4) is 5.75 Å². The number of fused-ring (bicyclic) bond motifs is 1. The van der Waals surface area contributed by atoms with Gasteiger partial charge in [-0.3, -0.25) is 0 Å². The van der Waals surface area contributed by atoms with Crippen molar-refractivity contribution in [2.75, 3.05) is 13.2 Å². The predicted octanol–water partition coefficient (Wildman–Crippen LogP) is 2.55. The summed E-state index contributed by atoms with van der Waals surface area (Å²) in [5, 5.41) is 3.36. The Labute approximate surface area is 98.0 Å². The fourth-order valence-corrected chi connectivity index (χ4v) is 2.23. The van der Waals surface area contributed by atoms with Crippen molar-refractivity contribution in [3.63, 3.8) is 0 Å². The first-order chi connectivity index (χ1) is 7.77. The van der Waals surface area contributed by atoms with E-state index >= 15 is 0 Å². The minimum atomic E-state index is 0.532. The first-order valence-electron chi connectivity index (χ1n) is 6.24. The van der Waals surface area contributed by atoms with Gasteiger partial charge in [-0.25, -0.2) is 0 Å². The van der Waals surface area contributed by atoms with Crippen molar-refractivity contribution in [2.45, 2.75) is 39.2 Å². The Bertz CT molecular complexity index is 347. The molecule has 1 aromatic carbocycles. The topological polar surface area (TPSA) is 21.3 Å². The zero-order valence-corrected chi connectivity index (χ0v) is 10.3. The van der Waals surface area contributed by atoms with Crippen molar-refractivity contribution in [2.24, 2.45) is 0 Å². The largest absolute Gasteiger partial charge is 0.492 e. The van der Waals surface area contributed by atoms with E-state index in [0.29, 0.717) is 6.04 Å². The molecule has 1 aliphatic carbocycles. The van der Waals surface area contributed by atoms with Crippen LogP contribution in [0.25, 0.3) is 0 Å². The van der Waals surface area contributed by atoms with E-state index in [1.54, 1.807) is 0 Å². The Kier molecular flexibility index (Phi) is 3.83. The van der Waals surface area contributed by atoms with Crippen LogP contribution in [-0.4, -0.2) is 19.2 Å². The maximum absolute atomic E-state index is 5.84. The monoisotopic (exact) mass is 219 g/mol. The van der Waals surface area contributed by atoms with Gasteiger partial charge in [-0.1, -0.05) is 26.0 Å². The Morgan fingerprint density at radius 2 is 2.19 bits per heavy atom. The Hall–Kier alpha value is -1.02. The van der Waals surface area contributed by atoms with Gasteiger partial charge in [-0.2, -0.15) is 0 Å². The average molecular weight is 219 g/mol. The highest BCUT2D eigenvalue weighted by Crippen LogP contribution is 2.30. The van der Waals surface area contributed by atoms with E-state index in [2.05, 4.69) is 37.4 Å². The second kappa shape index (κ2) is 5.35. The van der Waals surface area contributed by atoms with Gasteiger partial charge in [0.05, 0.1) is 0 Å². The third-order valence-electron chi connectivity index (χ3n) is 3.02. The van der Waals surface area contributed by atoms with Crippen LogP contribution < -0.4 is 10.1 Å². The predicted molar refractivity (Wildman–Crippen MR) is 67.1 cm³/mol. The molecule has 0 fully saturated rings. The minimum Gasteiger partial charge on any atom is -0.492 e. The molecule has 0 atom stereocenters. The summed E-state index contributed by atoms with van der Waals surface area (Å²) in [5.74, 6) is 1.10. The van der Waals surface area contributed by atoms with Gasteiger partial charge in [-0.15, -0.1) is 0 Å². The highest BCUT2D eigenvalue weighted by atomic mass is 16.5. The molecule has 0 heterocycles. The number of aryl methyl sites for hydroxylation is 1. The Morgan fingerprint density at radius 3 is 3.00 bits per heavy atom. The maximum atomic E-state index is 5.84. The molecule has 16 heavy (non-hydrogen) atoms. The summed E-state index contributed by atoms with van der Waals surface area (Å²) < 4.78 is 5.84. The van der Waals surface area contributed by atoms with E-state index in [0.717, 1.165) is 18.9 Å². The lowest BCUT2D eigenvalue weighted by Crippen LogP contribution is -2.27. The number of ether oxygens (including phenoxy) is 1. The van der Waals surface area contributed by atoms with Gasteiger partial charge in [-0.05, 0) is 36.5 Å². The fourth-order valence-electron chi connectivity index (χ4n) is 2.23. The van der Waals surface area contributed by atoms with Crippen LogP contribution in [0.1, 0.15) is 31.4 Å². The van der Waals surface area contributed by atoms with Gasteiger partial charge >= 0.3 is 0 Å². The smallest absolute Gasteiger partial charge is 0.122 e. The zero-order chi connectivity index (χ0) is 11.4. The highest BCUT2D eigenvalue weighted by molar-refractivity contribution is 5.42. The summed E-state index contributed by atoms with van der Waals surface area (Å²) >= 11 is 0. The molecule has 1 aromatic rings. The molecular formula is C14H21NO. The number of hydrogen-bond acceptors (Lipinski definition) is 2. The Morgan fingerprint density at radius 1 is 1.31 bits per heavy atom. The molecule has 0 aliphatic heterocycles. The quantitative estimate of drug-likeness (QED) is 0.768. The van der Waals surface area contributed by atoms with Crippen molar-refractivity contribution in [1.29, 1.82) is 0 Å². The van der Waals surface area contributed by atoms with E-state index in [1.807, 2.05) is 0 Å². The van der Waals surface area contributed by atoms with Gasteiger partial charge in [0.1, 0.15) is 12.4 Å². The number of hydrogen-bond donors (Lipinski definition) is 1. The molecule has 2 nitrogen and oxygen atoms in total. The van der Waals surface area contributed by atoms with Crippen LogP contribution in [0, 0.1) is 0 Å². The number of benzene rings is 1. The van der Waals surface area contributed by atoms with Crippen molar-refractivity contribution < 1.29 is 4.74 Å². The van der Waals surface area contributed by atoms with Gasteiger partial charge in [0.25, 0.3) is 0 Å². The highest BCUT2D eigenvalue weighted by Gasteiger charge is 2.14. The van der Waals surface area contributed by atoms with E-state index in [-0.39, 0.29) is 0 Å². The fraction of sp³-hybridized carbons (Fsp3) is 0.571. The molecule has 0 saturated heterocycles. The second-order valence-corrected chi connectivity index (χ2v) is 4.70. The second-order valence-electron chi connectivity index (χ2n) is 4.70. The van der Waals surface area contributed by atoms with Crippen LogP contribution in [-0.2, 0) is 12.8 Å². The van der Waals surface area contributed by atoms with Crippen LogP contribution in [0.3, 0.4) is 0 Å². The van der Waals surface area contributed by atoms with Gasteiger partial charge in [0.15, 0.2) is 0 Å². The number of nitrogens with one attached hydrogen (secondary N) is 1. The molecule has 0 radical (unpaired) electrons. The summed E-state index contributed by atoms with van der Waals surface area (Å²) in [6.07, 6.45) is 3.68. The molecular weight excluding hydrogens is 198 g/mol. The van der Waals surface area contributed by atoms with Crippen molar-refractivity contribution >= 4 is 0 Å². The molecule has 0 unspecified atom stereocenters. The first-order valence-corrected chi connectivity index (χ1v) is 6.24. The van der Waals surface area contributed by atoms with Crippen LogP contribution >= 0.6 is 0 Å². The SMILES string of the molecule is CC(C)NCCOc1cccc2c1CCC2.